The van der Waals surface area contributed by atoms with Gasteiger partial charge in [0.1, 0.15) is 11.8 Å². The van der Waals surface area contributed by atoms with E-state index in [1.54, 1.807) is 24.5 Å². The van der Waals surface area contributed by atoms with Crippen molar-refractivity contribution in [2.75, 3.05) is 13.1 Å². The fourth-order valence-electron chi connectivity index (χ4n) is 2.67. The van der Waals surface area contributed by atoms with Crippen LogP contribution in [-0.4, -0.2) is 45.1 Å². The molecule has 28 heavy (non-hydrogen) atoms. The minimum atomic E-state index is -4.54. The molecule has 0 N–H and O–H groups in total. The summed E-state index contributed by atoms with van der Waals surface area (Å²) < 4.78 is 48.7. The molecule has 0 aromatic carbocycles. The monoisotopic (exact) mass is 390 g/mol. The van der Waals surface area contributed by atoms with Crippen LogP contribution >= 0.6 is 0 Å². The van der Waals surface area contributed by atoms with Gasteiger partial charge in [0.2, 0.25) is 5.88 Å². The zero-order valence-corrected chi connectivity index (χ0v) is 14.3. The number of ether oxygens (including phenoxy) is 1. The maximum atomic E-state index is 12.7. The van der Waals surface area contributed by atoms with E-state index in [0.717, 1.165) is 6.07 Å². The van der Waals surface area contributed by atoms with Crippen molar-refractivity contribution in [2.24, 2.45) is 0 Å². The van der Waals surface area contributed by atoms with Crippen molar-refractivity contribution in [3.8, 4) is 17.2 Å². The van der Waals surface area contributed by atoms with E-state index >= 15 is 0 Å². The summed E-state index contributed by atoms with van der Waals surface area (Å²) in [5, 5.41) is 3.77. The van der Waals surface area contributed by atoms with E-state index in [4.69, 9.17) is 9.26 Å². The largest absolute Gasteiger partial charge is 0.471 e. The summed E-state index contributed by atoms with van der Waals surface area (Å²) in [5.74, 6) is -0.0686. The first kappa shape index (κ1) is 18.0. The molecule has 0 saturated carbocycles. The number of pyridine rings is 2. The number of alkyl halides is 3. The Morgan fingerprint density at radius 3 is 2.75 bits per heavy atom. The molecular formula is C18H13F3N4O3. The Bertz CT molecular complexity index is 985. The Morgan fingerprint density at radius 1 is 1.21 bits per heavy atom. The van der Waals surface area contributed by atoms with Gasteiger partial charge in [-0.05, 0) is 18.2 Å². The van der Waals surface area contributed by atoms with Gasteiger partial charge in [0.05, 0.1) is 13.1 Å². The molecular weight excluding hydrogens is 377 g/mol. The maximum Gasteiger partial charge on any atom is 0.433 e. The van der Waals surface area contributed by atoms with Crippen molar-refractivity contribution in [1.82, 2.24) is 20.0 Å². The Morgan fingerprint density at radius 2 is 2.04 bits per heavy atom. The molecule has 0 radical (unpaired) electrons. The molecule has 0 spiro atoms. The number of amides is 1. The Balaban J connectivity index is 1.36. The number of hydrogen-bond donors (Lipinski definition) is 0. The van der Waals surface area contributed by atoms with E-state index in [1.807, 2.05) is 0 Å². The van der Waals surface area contributed by atoms with Gasteiger partial charge in [-0.3, -0.25) is 9.78 Å². The van der Waals surface area contributed by atoms with Crippen molar-refractivity contribution in [2.45, 2.75) is 12.3 Å². The molecule has 0 aliphatic carbocycles. The zero-order chi connectivity index (χ0) is 19.7. The summed E-state index contributed by atoms with van der Waals surface area (Å²) in [6.45, 7) is 0.428. The molecule has 0 atom stereocenters. The standard InChI is InChI=1S/C18H13F3N4O3/c19-18(20,21)15-4-1-5-16(23-15)27-12-9-25(10-12)17(26)13-7-14(28-24-13)11-3-2-6-22-8-11/h1-8,12H,9-10H2. The molecule has 4 rings (SSSR count). The van der Waals surface area contributed by atoms with Crippen molar-refractivity contribution >= 4 is 5.91 Å². The molecule has 3 aromatic heterocycles. The highest BCUT2D eigenvalue weighted by atomic mass is 19.4. The second-order valence-corrected chi connectivity index (χ2v) is 6.13. The highest BCUT2D eigenvalue weighted by Crippen LogP contribution is 2.29. The van der Waals surface area contributed by atoms with Gasteiger partial charge in [-0.1, -0.05) is 11.2 Å². The highest BCUT2D eigenvalue weighted by Gasteiger charge is 2.36. The number of likely N-dealkylation sites (tertiary alicyclic amines) is 1. The van der Waals surface area contributed by atoms with E-state index in [9.17, 15) is 18.0 Å². The topological polar surface area (TPSA) is 81.4 Å². The number of rotatable bonds is 4. The molecule has 144 valence electrons. The molecule has 0 unspecified atom stereocenters. The van der Waals surface area contributed by atoms with Crippen LogP contribution in [0.15, 0.2) is 53.3 Å². The third-order valence-electron chi connectivity index (χ3n) is 4.11. The number of carbonyl (C=O) groups excluding carboxylic acids is 1. The average molecular weight is 390 g/mol. The first-order chi connectivity index (χ1) is 13.4. The number of carbonyl (C=O) groups is 1. The summed E-state index contributed by atoms with van der Waals surface area (Å²) in [6, 6.07) is 8.46. The highest BCUT2D eigenvalue weighted by molar-refractivity contribution is 5.93. The number of halogens is 3. The van der Waals surface area contributed by atoms with Gasteiger partial charge in [-0.15, -0.1) is 0 Å². The van der Waals surface area contributed by atoms with E-state index < -0.39 is 18.0 Å². The second-order valence-electron chi connectivity index (χ2n) is 6.13. The van der Waals surface area contributed by atoms with Gasteiger partial charge in [-0.2, -0.15) is 13.2 Å². The quantitative estimate of drug-likeness (QED) is 0.681. The third kappa shape index (κ3) is 3.66. The van der Waals surface area contributed by atoms with Gasteiger partial charge < -0.3 is 14.2 Å². The van der Waals surface area contributed by atoms with Gasteiger partial charge in [0.15, 0.2) is 11.5 Å². The number of aromatic nitrogens is 3. The van der Waals surface area contributed by atoms with Gasteiger partial charge in [0.25, 0.3) is 5.91 Å². The Labute approximate surface area is 156 Å². The number of nitrogens with zero attached hydrogens (tertiary/aromatic N) is 4. The van der Waals surface area contributed by atoms with Crippen molar-refractivity contribution in [1.29, 1.82) is 0 Å². The lowest BCUT2D eigenvalue weighted by Crippen LogP contribution is -2.56. The molecule has 1 saturated heterocycles. The van der Waals surface area contributed by atoms with Gasteiger partial charge >= 0.3 is 6.18 Å². The minimum absolute atomic E-state index is 0.132. The Hall–Kier alpha value is -3.43. The molecule has 10 heteroatoms. The SMILES string of the molecule is O=C(c1cc(-c2cccnc2)on1)N1CC(Oc2cccc(C(F)(F)F)n2)C1. The minimum Gasteiger partial charge on any atom is -0.471 e. The maximum absolute atomic E-state index is 12.7. The molecule has 1 fully saturated rings. The van der Waals surface area contributed by atoms with Crippen LogP contribution in [0.3, 0.4) is 0 Å². The van der Waals surface area contributed by atoms with Gasteiger partial charge in [-0.25, -0.2) is 4.98 Å². The predicted octanol–water partition coefficient (Wildman–Crippen LogP) is 3.05. The van der Waals surface area contributed by atoms with Crippen LogP contribution in [0.1, 0.15) is 16.2 Å². The van der Waals surface area contributed by atoms with Crippen LogP contribution in [-0.2, 0) is 6.18 Å². The lowest BCUT2D eigenvalue weighted by atomic mass is 10.1. The van der Waals surface area contributed by atoms with Crippen LogP contribution in [0.4, 0.5) is 13.2 Å². The first-order valence-electron chi connectivity index (χ1n) is 8.27. The average Bonchev–Trinajstić information content (AvgIpc) is 3.14. The summed E-state index contributed by atoms with van der Waals surface area (Å²) in [7, 11) is 0. The van der Waals surface area contributed by atoms with Crippen LogP contribution in [0.2, 0.25) is 0 Å². The Kier molecular flexibility index (Phi) is 4.46. The van der Waals surface area contributed by atoms with Crippen molar-refractivity contribution < 1.29 is 27.2 Å². The molecule has 1 amide bonds. The fraction of sp³-hybridized carbons (Fsp3) is 0.222. The molecule has 7 nitrogen and oxygen atoms in total. The van der Waals surface area contributed by atoms with Crippen molar-refractivity contribution in [3.05, 3.63) is 60.2 Å². The normalized spacial score (nSPS) is 14.6. The van der Waals surface area contributed by atoms with Crippen LogP contribution in [0.5, 0.6) is 5.88 Å². The van der Waals surface area contributed by atoms with Crippen LogP contribution < -0.4 is 4.74 Å². The van der Waals surface area contributed by atoms with Crippen LogP contribution in [0.25, 0.3) is 11.3 Å². The molecule has 4 heterocycles. The van der Waals surface area contributed by atoms with Gasteiger partial charge in [0, 0.05) is 30.1 Å². The van der Waals surface area contributed by atoms with E-state index in [1.165, 1.54) is 23.1 Å². The zero-order valence-electron chi connectivity index (χ0n) is 14.3. The van der Waals surface area contributed by atoms with E-state index in [0.29, 0.717) is 11.3 Å². The van der Waals surface area contributed by atoms with Crippen molar-refractivity contribution in [3.63, 3.8) is 0 Å². The third-order valence-corrected chi connectivity index (χ3v) is 4.11. The summed E-state index contributed by atoms with van der Waals surface area (Å²) in [5.41, 5.74) is -0.202. The summed E-state index contributed by atoms with van der Waals surface area (Å²) in [6.07, 6.45) is -1.78. The lowest BCUT2D eigenvalue weighted by molar-refractivity contribution is -0.141. The first-order valence-corrected chi connectivity index (χ1v) is 8.27. The predicted molar refractivity (Wildman–Crippen MR) is 89.3 cm³/mol. The fourth-order valence-corrected chi connectivity index (χ4v) is 2.67. The summed E-state index contributed by atoms with van der Waals surface area (Å²) >= 11 is 0. The molecule has 0 bridgehead atoms. The smallest absolute Gasteiger partial charge is 0.433 e. The molecule has 1 aliphatic rings. The summed E-state index contributed by atoms with van der Waals surface area (Å²) in [4.78, 5) is 21.3. The lowest BCUT2D eigenvalue weighted by Gasteiger charge is -2.38. The van der Waals surface area contributed by atoms with Crippen LogP contribution in [0, 0.1) is 0 Å². The molecule has 3 aromatic rings. The van der Waals surface area contributed by atoms with E-state index in [-0.39, 0.29) is 30.6 Å². The number of hydrogen-bond acceptors (Lipinski definition) is 6. The van der Waals surface area contributed by atoms with E-state index in [2.05, 4.69) is 15.1 Å². The molecule has 1 aliphatic heterocycles. The second kappa shape index (κ2) is 6.95.